The fourth-order valence-electron chi connectivity index (χ4n) is 1.87. The highest BCUT2D eigenvalue weighted by Gasteiger charge is 2.14. The van der Waals surface area contributed by atoms with Crippen LogP contribution in [0.3, 0.4) is 0 Å². The molecule has 0 amide bonds. The van der Waals surface area contributed by atoms with Crippen molar-refractivity contribution in [1.29, 1.82) is 0 Å². The molecule has 0 aliphatic heterocycles. The third kappa shape index (κ3) is 3.55. The van der Waals surface area contributed by atoms with E-state index in [0.29, 0.717) is 24.7 Å². The van der Waals surface area contributed by atoms with E-state index in [4.69, 9.17) is 14.0 Å². The molecular formula is C14H19N3O3. The maximum absolute atomic E-state index is 5.27. The van der Waals surface area contributed by atoms with Crippen LogP contribution in [0.2, 0.25) is 0 Å². The van der Waals surface area contributed by atoms with Gasteiger partial charge >= 0.3 is 0 Å². The number of aromatic nitrogens is 2. The van der Waals surface area contributed by atoms with Gasteiger partial charge in [-0.05, 0) is 19.2 Å². The average Bonchev–Trinajstić information content (AvgIpc) is 2.95. The normalized spacial score (nSPS) is 12.3. The van der Waals surface area contributed by atoms with Crippen LogP contribution in [0.4, 0.5) is 0 Å². The van der Waals surface area contributed by atoms with Gasteiger partial charge < -0.3 is 19.3 Å². The van der Waals surface area contributed by atoms with E-state index in [1.165, 1.54) is 0 Å². The number of hydrogen-bond donors (Lipinski definition) is 1. The Balaban J connectivity index is 2.11. The fourth-order valence-corrected chi connectivity index (χ4v) is 1.87. The maximum Gasteiger partial charge on any atom is 0.228 e. The van der Waals surface area contributed by atoms with E-state index >= 15 is 0 Å². The first-order chi connectivity index (χ1) is 9.76. The Labute approximate surface area is 118 Å². The zero-order chi connectivity index (χ0) is 14.4. The minimum atomic E-state index is 0.151. The summed E-state index contributed by atoms with van der Waals surface area (Å²) in [4.78, 5) is 4.40. The molecule has 0 aliphatic rings. The second-order valence-electron chi connectivity index (χ2n) is 4.39. The molecule has 1 unspecified atom stereocenters. The van der Waals surface area contributed by atoms with Gasteiger partial charge in [0.2, 0.25) is 11.7 Å². The number of benzene rings is 1. The molecule has 1 heterocycles. The van der Waals surface area contributed by atoms with Crippen molar-refractivity contribution >= 4 is 0 Å². The Bertz CT molecular complexity index is 542. The van der Waals surface area contributed by atoms with Crippen molar-refractivity contribution in [1.82, 2.24) is 15.5 Å². The van der Waals surface area contributed by atoms with Gasteiger partial charge in [0.25, 0.3) is 0 Å². The lowest BCUT2D eigenvalue weighted by Gasteiger charge is -2.11. The summed E-state index contributed by atoms with van der Waals surface area (Å²) < 4.78 is 15.6. The predicted octanol–water partition coefficient (Wildman–Crippen LogP) is 1.52. The zero-order valence-electron chi connectivity index (χ0n) is 11.9. The van der Waals surface area contributed by atoms with Gasteiger partial charge in [0.15, 0.2) is 0 Å². The molecule has 6 nitrogen and oxygen atoms in total. The first-order valence-corrected chi connectivity index (χ1v) is 6.40. The first kappa shape index (κ1) is 14.5. The van der Waals surface area contributed by atoms with Crippen molar-refractivity contribution < 1.29 is 14.0 Å². The lowest BCUT2D eigenvalue weighted by atomic mass is 10.2. The summed E-state index contributed by atoms with van der Waals surface area (Å²) in [6.07, 6.45) is 0.626. The van der Waals surface area contributed by atoms with Crippen LogP contribution in [-0.2, 0) is 11.2 Å². The van der Waals surface area contributed by atoms with E-state index < -0.39 is 0 Å². The molecule has 1 aromatic heterocycles. The number of hydrogen-bond acceptors (Lipinski definition) is 6. The quantitative estimate of drug-likeness (QED) is 0.827. The predicted molar refractivity (Wildman–Crippen MR) is 74.7 cm³/mol. The third-order valence-corrected chi connectivity index (χ3v) is 2.99. The van der Waals surface area contributed by atoms with Crippen molar-refractivity contribution in [3.8, 4) is 17.1 Å². The van der Waals surface area contributed by atoms with E-state index in [0.717, 1.165) is 11.3 Å². The Morgan fingerprint density at radius 2 is 2.20 bits per heavy atom. The van der Waals surface area contributed by atoms with Crippen molar-refractivity contribution in [3.05, 3.63) is 30.2 Å². The lowest BCUT2D eigenvalue weighted by molar-refractivity contribution is 0.165. The molecular weight excluding hydrogens is 258 g/mol. The smallest absolute Gasteiger partial charge is 0.228 e. The highest BCUT2D eigenvalue weighted by molar-refractivity contribution is 5.56. The number of nitrogens with zero attached hydrogens (tertiary/aromatic N) is 2. The molecule has 1 N–H and O–H groups in total. The molecule has 6 heteroatoms. The number of nitrogens with one attached hydrogen (secondary N) is 1. The third-order valence-electron chi connectivity index (χ3n) is 2.99. The molecule has 108 valence electrons. The minimum absolute atomic E-state index is 0.151. The molecule has 20 heavy (non-hydrogen) atoms. The van der Waals surface area contributed by atoms with Gasteiger partial charge in [-0.25, -0.2) is 0 Å². The van der Waals surface area contributed by atoms with Gasteiger partial charge in [-0.2, -0.15) is 4.98 Å². The van der Waals surface area contributed by atoms with E-state index in [-0.39, 0.29) is 6.04 Å². The van der Waals surface area contributed by atoms with Gasteiger partial charge in [0.1, 0.15) is 5.75 Å². The highest BCUT2D eigenvalue weighted by atomic mass is 16.5. The van der Waals surface area contributed by atoms with E-state index in [2.05, 4.69) is 15.5 Å². The summed E-state index contributed by atoms with van der Waals surface area (Å²) in [7, 11) is 5.17. The molecule has 0 saturated carbocycles. The molecule has 0 fully saturated rings. The summed E-state index contributed by atoms with van der Waals surface area (Å²) in [5, 5.41) is 7.15. The zero-order valence-corrected chi connectivity index (χ0v) is 11.9. The van der Waals surface area contributed by atoms with Crippen molar-refractivity contribution in [3.63, 3.8) is 0 Å². The van der Waals surface area contributed by atoms with Crippen LogP contribution in [0.1, 0.15) is 5.89 Å². The van der Waals surface area contributed by atoms with Crippen LogP contribution in [0.15, 0.2) is 28.8 Å². The number of ether oxygens (including phenoxy) is 2. The molecule has 0 bridgehead atoms. The van der Waals surface area contributed by atoms with E-state index in [1.54, 1.807) is 14.2 Å². The standard InChI is InChI=1S/C14H19N3O3/c1-15-11(9-18-2)8-13-16-14(17-20-13)10-5-4-6-12(7-10)19-3/h4-7,11,15H,8-9H2,1-3H3. The number of rotatable bonds is 7. The number of methoxy groups -OCH3 is 2. The molecule has 1 aromatic carbocycles. The Morgan fingerprint density at radius 3 is 2.90 bits per heavy atom. The van der Waals surface area contributed by atoms with Crippen LogP contribution in [-0.4, -0.2) is 44.1 Å². The molecule has 2 aromatic rings. The summed E-state index contributed by atoms with van der Waals surface area (Å²) in [6, 6.07) is 7.71. The fraction of sp³-hybridized carbons (Fsp3) is 0.429. The Kier molecular flexibility index (Phi) is 5.09. The van der Waals surface area contributed by atoms with E-state index in [1.807, 2.05) is 31.3 Å². The molecule has 0 spiro atoms. The van der Waals surface area contributed by atoms with Crippen molar-refractivity contribution in [2.45, 2.75) is 12.5 Å². The van der Waals surface area contributed by atoms with Gasteiger partial charge in [-0.15, -0.1) is 0 Å². The second kappa shape index (κ2) is 7.02. The van der Waals surface area contributed by atoms with Crippen LogP contribution < -0.4 is 10.1 Å². The van der Waals surface area contributed by atoms with Gasteiger partial charge in [0.05, 0.1) is 13.7 Å². The summed E-state index contributed by atoms with van der Waals surface area (Å²) in [6.45, 7) is 0.591. The SMILES string of the molecule is CNC(COC)Cc1nc(-c2cccc(OC)c2)no1. The average molecular weight is 277 g/mol. The lowest BCUT2D eigenvalue weighted by Crippen LogP contribution is -2.32. The summed E-state index contributed by atoms with van der Waals surface area (Å²) in [5.74, 6) is 1.91. The molecule has 2 rings (SSSR count). The van der Waals surface area contributed by atoms with Gasteiger partial charge in [-0.1, -0.05) is 17.3 Å². The topological polar surface area (TPSA) is 69.4 Å². The van der Waals surface area contributed by atoms with Crippen molar-refractivity contribution in [2.75, 3.05) is 27.9 Å². The van der Waals surface area contributed by atoms with Gasteiger partial charge in [-0.3, -0.25) is 0 Å². The molecule has 0 radical (unpaired) electrons. The molecule has 0 aliphatic carbocycles. The first-order valence-electron chi connectivity index (χ1n) is 6.40. The summed E-state index contributed by atoms with van der Waals surface area (Å²) >= 11 is 0. The largest absolute Gasteiger partial charge is 0.497 e. The van der Waals surface area contributed by atoms with Gasteiger partial charge in [0, 0.05) is 25.1 Å². The number of likely N-dealkylation sites (N-methyl/N-ethyl adjacent to an activating group) is 1. The van der Waals surface area contributed by atoms with Crippen LogP contribution in [0.25, 0.3) is 11.4 Å². The summed E-state index contributed by atoms with van der Waals surface area (Å²) in [5.41, 5.74) is 0.868. The van der Waals surface area contributed by atoms with Crippen LogP contribution in [0.5, 0.6) is 5.75 Å². The highest BCUT2D eigenvalue weighted by Crippen LogP contribution is 2.21. The Hall–Kier alpha value is -1.92. The minimum Gasteiger partial charge on any atom is -0.497 e. The maximum atomic E-state index is 5.27. The Morgan fingerprint density at radius 1 is 1.35 bits per heavy atom. The van der Waals surface area contributed by atoms with Crippen LogP contribution >= 0.6 is 0 Å². The van der Waals surface area contributed by atoms with E-state index in [9.17, 15) is 0 Å². The van der Waals surface area contributed by atoms with Crippen LogP contribution in [0, 0.1) is 0 Å². The van der Waals surface area contributed by atoms with Crippen molar-refractivity contribution in [2.24, 2.45) is 0 Å². The molecule has 1 atom stereocenters. The second-order valence-corrected chi connectivity index (χ2v) is 4.39. The molecule has 0 saturated heterocycles. The monoisotopic (exact) mass is 277 g/mol.